The quantitative estimate of drug-likeness (QED) is 0.771. The van der Waals surface area contributed by atoms with Crippen molar-refractivity contribution in [3.05, 3.63) is 59.7 Å². The highest BCUT2D eigenvalue weighted by Gasteiger charge is 2.19. The van der Waals surface area contributed by atoms with Crippen LogP contribution in [0.4, 0.5) is 0 Å². The van der Waals surface area contributed by atoms with Gasteiger partial charge < -0.3 is 19.9 Å². The predicted molar refractivity (Wildman–Crippen MR) is 96.9 cm³/mol. The van der Waals surface area contributed by atoms with E-state index in [1.165, 1.54) is 12.7 Å². The van der Waals surface area contributed by atoms with Crippen LogP contribution in [0.15, 0.2) is 48.5 Å². The fourth-order valence-corrected chi connectivity index (χ4v) is 2.65. The third kappa shape index (κ3) is 5.22. The summed E-state index contributed by atoms with van der Waals surface area (Å²) in [5.41, 5.74) is 1.91. The number of phenolic OH excluding ortho intramolecular Hbond substituents is 1. The first-order chi connectivity index (χ1) is 12.0. The lowest BCUT2D eigenvalue weighted by atomic mass is 9.97. The van der Waals surface area contributed by atoms with Gasteiger partial charge in [0.15, 0.2) is 6.10 Å². The molecule has 0 radical (unpaired) electrons. The second kappa shape index (κ2) is 9.08. The lowest BCUT2D eigenvalue weighted by Gasteiger charge is -2.17. The second-order valence-electron chi connectivity index (χ2n) is 5.96. The molecule has 2 aromatic rings. The van der Waals surface area contributed by atoms with Crippen molar-refractivity contribution >= 4 is 5.91 Å². The zero-order valence-electron chi connectivity index (χ0n) is 14.9. The van der Waals surface area contributed by atoms with E-state index >= 15 is 0 Å². The van der Waals surface area contributed by atoms with Crippen LogP contribution in [0, 0.1) is 0 Å². The third-order valence-corrected chi connectivity index (χ3v) is 4.23. The molecule has 0 heterocycles. The highest BCUT2D eigenvalue weighted by atomic mass is 16.5. The molecule has 0 fully saturated rings. The molecule has 0 aliphatic rings. The zero-order valence-corrected chi connectivity index (χ0v) is 14.9. The molecule has 0 saturated carbocycles. The molecule has 5 nitrogen and oxygen atoms in total. The van der Waals surface area contributed by atoms with Gasteiger partial charge in [0.05, 0.1) is 7.11 Å². The molecule has 0 unspecified atom stereocenters. The Hall–Kier alpha value is -2.53. The van der Waals surface area contributed by atoms with Gasteiger partial charge in [-0.2, -0.15) is 0 Å². The van der Waals surface area contributed by atoms with E-state index in [0.717, 1.165) is 12.2 Å². The number of carbonyl (C=O) groups excluding carboxylic acids is 1. The van der Waals surface area contributed by atoms with Crippen LogP contribution in [0.2, 0.25) is 0 Å². The molecule has 2 rings (SSSR count). The Labute approximate surface area is 148 Å². The number of rotatable bonds is 8. The van der Waals surface area contributed by atoms with E-state index in [2.05, 4.69) is 12.2 Å². The summed E-state index contributed by atoms with van der Waals surface area (Å²) in [4.78, 5) is 12.3. The van der Waals surface area contributed by atoms with Crippen molar-refractivity contribution in [3.8, 4) is 11.5 Å². The van der Waals surface area contributed by atoms with Gasteiger partial charge in [0.25, 0.3) is 5.91 Å². The van der Waals surface area contributed by atoms with Gasteiger partial charge in [-0.05, 0) is 47.7 Å². The number of phenols is 1. The average molecular weight is 343 g/mol. The van der Waals surface area contributed by atoms with Crippen LogP contribution < -0.4 is 10.1 Å². The Kier molecular flexibility index (Phi) is 6.83. The minimum absolute atomic E-state index is 0.160. The van der Waals surface area contributed by atoms with Crippen LogP contribution in [0.3, 0.4) is 0 Å². The molecule has 2 aromatic carbocycles. The van der Waals surface area contributed by atoms with Gasteiger partial charge in [0, 0.05) is 13.7 Å². The monoisotopic (exact) mass is 343 g/mol. The maximum atomic E-state index is 12.3. The predicted octanol–water partition coefficient (Wildman–Crippen LogP) is 3.40. The molecule has 0 aliphatic heterocycles. The molecule has 0 aromatic heterocycles. The molecule has 0 aliphatic carbocycles. The number of benzene rings is 2. The molecule has 1 amide bonds. The van der Waals surface area contributed by atoms with Crippen molar-refractivity contribution in [1.29, 1.82) is 0 Å². The van der Waals surface area contributed by atoms with E-state index < -0.39 is 6.10 Å². The van der Waals surface area contributed by atoms with Gasteiger partial charge in [-0.15, -0.1) is 0 Å². The number of hydrogen-bond donors (Lipinski definition) is 2. The van der Waals surface area contributed by atoms with E-state index in [-0.39, 0.29) is 11.7 Å². The van der Waals surface area contributed by atoms with Crippen LogP contribution in [0.5, 0.6) is 11.5 Å². The summed E-state index contributed by atoms with van der Waals surface area (Å²) < 4.78 is 10.5. The highest BCUT2D eigenvalue weighted by molar-refractivity contribution is 5.82. The first-order valence-corrected chi connectivity index (χ1v) is 8.28. The first kappa shape index (κ1) is 18.8. The van der Waals surface area contributed by atoms with Crippen molar-refractivity contribution in [3.63, 3.8) is 0 Å². The first-order valence-electron chi connectivity index (χ1n) is 8.28. The summed E-state index contributed by atoms with van der Waals surface area (Å²) in [6.07, 6.45) is 0.140. The number of amides is 1. The number of ether oxygens (including phenoxy) is 2. The normalized spacial score (nSPS) is 13.1. The van der Waals surface area contributed by atoms with Crippen molar-refractivity contribution in [2.45, 2.75) is 25.4 Å². The molecule has 0 spiro atoms. The molecule has 2 atom stereocenters. The Balaban J connectivity index is 1.86. The summed E-state index contributed by atoms with van der Waals surface area (Å²) in [5, 5.41) is 12.3. The van der Waals surface area contributed by atoms with Gasteiger partial charge in [0.2, 0.25) is 0 Å². The van der Waals surface area contributed by atoms with Crippen molar-refractivity contribution in [2.24, 2.45) is 0 Å². The van der Waals surface area contributed by atoms with Crippen molar-refractivity contribution in [1.82, 2.24) is 5.32 Å². The van der Waals surface area contributed by atoms with Crippen molar-refractivity contribution in [2.75, 3.05) is 20.8 Å². The standard InChI is InChI=1S/C20H25NO4/c1-14(15-6-10-18(24-2)11-7-15)12-13-21-20(23)19(25-3)16-4-8-17(22)9-5-16/h4-11,14,19,22H,12-13H2,1-3H3,(H,21,23)/t14-,19+/m1/s1. The Morgan fingerprint density at radius 1 is 1.04 bits per heavy atom. The third-order valence-electron chi connectivity index (χ3n) is 4.23. The number of aromatic hydroxyl groups is 1. The Bertz CT molecular complexity index is 667. The van der Waals surface area contributed by atoms with Crippen LogP contribution >= 0.6 is 0 Å². The Morgan fingerprint density at radius 3 is 2.20 bits per heavy atom. The number of carbonyl (C=O) groups is 1. The fourth-order valence-electron chi connectivity index (χ4n) is 2.65. The number of methoxy groups -OCH3 is 2. The Morgan fingerprint density at radius 2 is 1.64 bits per heavy atom. The SMILES string of the molecule is COc1ccc([C@H](C)CCNC(=O)[C@@H](OC)c2ccc(O)cc2)cc1. The molecule has 0 bridgehead atoms. The lowest BCUT2D eigenvalue weighted by molar-refractivity contribution is -0.131. The minimum atomic E-state index is -0.683. The summed E-state index contributed by atoms with van der Waals surface area (Å²) >= 11 is 0. The maximum Gasteiger partial charge on any atom is 0.253 e. The van der Waals surface area contributed by atoms with Gasteiger partial charge in [-0.1, -0.05) is 31.2 Å². The highest BCUT2D eigenvalue weighted by Crippen LogP contribution is 2.22. The van der Waals surface area contributed by atoms with Crippen molar-refractivity contribution < 1.29 is 19.4 Å². The summed E-state index contributed by atoms with van der Waals surface area (Å²) in [6, 6.07) is 14.4. The number of nitrogens with one attached hydrogen (secondary N) is 1. The lowest BCUT2D eigenvalue weighted by Crippen LogP contribution is -2.31. The van der Waals surface area contributed by atoms with Gasteiger partial charge in [-0.25, -0.2) is 0 Å². The van der Waals surface area contributed by atoms with E-state index in [0.29, 0.717) is 18.0 Å². The van der Waals surface area contributed by atoms with Gasteiger partial charge in [0.1, 0.15) is 11.5 Å². The molecule has 134 valence electrons. The maximum absolute atomic E-state index is 12.3. The topological polar surface area (TPSA) is 67.8 Å². The molecule has 2 N–H and O–H groups in total. The van der Waals surface area contributed by atoms with Gasteiger partial charge >= 0.3 is 0 Å². The van der Waals surface area contributed by atoms with E-state index in [4.69, 9.17) is 9.47 Å². The summed E-state index contributed by atoms with van der Waals surface area (Å²) in [6.45, 7) is 2.69. The zero-order chi connectivity index (χ0) is 18.2. The van der Waals surface area contributed by atoms with Crippen LogP contribution in [-0.4, -0.2) is 31.8 Å². The molecule has 5 heteroatoms. The van der Waals surface area contributed by atoms with Crippen LogP contribution in [0.25, 0.3) is 0 Å². The molecular formula is C20H25NO4. The van der Waals surface area contributed by atoms with E-state index in [1.807, 2.05) is 24.3 Å². The number of hydrogen-bond acceptors (Lipinski definition) is 4. The fraction of sp³-hybridized carbons (Fsp3) is 0.350. The van der Waals surface area contributed by atoms with Crippen LogP contribution in [-0.2, 0) is 9.53 Å². The average Bonchev–Trinajstić information content (AvgIpc) is 2.64. The van der Waals surface area contributed by atoms with E-state index in [9.17, 15) is 9.90 Å². The van der Waals surface area contributed by atoms with E-state index in [1.54, 1.807) is 31.4 Å². The largest absolute Gasteiger partial charge is 0.508 e. The summed E-state index contributed by atoms with van der Waals surface area (Å²) in [7, 11) is 3.14. The van der Waals surface area contributed by atoms with Crippen LogP contribution in [0.1, 0.15) is 36.5 Å². The van der Waals surface area contributed by atoms with Gasteiger partial charge in [-0.3, -0.25) is 4.79 Å². The smallest absolute Gasteiger partial charge is 0.253 e. The second-order valence-corrected chi connectivity index (χ2v) is 5.96. The minimum Gasteiger partial charge on any atom is -0.508 e. The molecule has 25 heavy (non-hydrogen) atoms. The molecule has 0 saturated heterocycles. The summed E-state index contributed by atoms with van der Waals surface area (Å²) in [5.74, 6) is 1.13. The molecular weight excluding hydrogens is 318 g/mol.